The maximum absolute atomic E-state index is 11.3. The third kappa shape index (κ3) is 7.87. The number of aliphatic hydroxyl groups is 2. The number of aliphatic hydroxyl groups excluding tert-OH is 1. The molecule has 29 heavy (non-hydrogen) atoms. The highest BCUT2D eigenvalue weighted by Crippen LogP contribution is 2.20. The lowest BCUT2D eigenvalue weighted by atomic mass is 9.95. The fourth-order valence-corrected chi connectivity index (χ4v) is 2.88. The van der Waals surface area contributed by atoms with Crippen molar-refractivity contribution >= 4 is 11.0 Å². The SMILES string of the molecule is CC(=CCOc1ccc2ccc(=O)oc2c1)CCC=C(C)CC[C@H](O)C(C)(C)O. The topological polar surface area (TPSA) is 79.9 Å². The molecule has 0 aliphatic rings. The van der Waals surface area contributed by atoms with E-state index in [1.165, 1.54) is 17.2 Å². The van der Waals surface area contributed by atoms with Gasteiger partial charge in [0.1, 0.15) is 17.9 Å². The van der Waals surface area contributed by atoms with Crippen LogP contribution in [0.5, 0.6) is 5.75 Å². The lowest BCUT2D eigenvalue weighted by molar-refractivity contribution is -0.0509. The van der Waals surface area contributed by atoms with Crippen LogP contribution in [0, 0.1) is 0 Å². The molecular weight excluding hydrogens is 368 g/mol. The van der Waals surface area contributed by atoms with Crippen LogP contribution in [0.2, 0.25) is 0 Å². The smallest absolute Gasteiger partial charge is 0.336 e. The fourth-order valence-electron chi connectivity index (χ4n) is 2.88. The Kier molecular flexibility index (Phi) is 8.23. The third-order valence-electron chi connectivity index (χ3n) is 4.94. The van der Waals surface area contributed by atoms with Gasteiger partial charge in [0.05, 0.1) is 11.7 Å². The van der Waals surface area contributed by atoms with Gasteiger partial charge in [0.2, 0.25) is 0 Å². The molecule has 0 bridgehead atoms. The van der Waals surface area contributed by atoms with E-state index < -0.39 is 11.7 Å². The summed E-state index contributed by atoms with van der Waals surface area (Å²) in [7, 11) is 0. The molecule has 0 aliphatic heterocycles. The summed E-state index contributed by atoms with van der Waals surface area (Å²) in [5, 5.41) is 20.5. The number of allylic oxidation sites excluding steroid dienone is 3. The maximum Gasteiger partial charge on any atom is 0.336 e. The summed E-state index contributed by atoms with van der Waals surface area (Å²) in [6.45, 7) is 7.83. The van der Waals surface area contributed by atoms with Gasteiger partial charge in [-0.2, -0.15) is 0 Å². The summed E-state index contributed by atoms with van der Waals surface area (Å²) in [5.41, 5.74) is 1.54. The molecule has 1 aromatic heterocycles. The fraction of sp³-hybridized carbons (Fsp3) is 0.458. The number of rotatable bonds is 10. The Balaban J connectivity index is 1.76. The molecule has 1 aromatic carbocycles. The van der Waals surface area contributed by atoms with E-state index >= 15 is 0 Å². The van der Waals surface area contributed by atoms with Gasteiger partial charge in [-0.05, 0) is 77.7 Å². The van der Waals surface area contributed by atoms with Gasteiger partial charge in [-0.15, -0.1) is 0 Å². The number of fused-ring (bicyclic) bond motifs is 1. The van der Waals surface area contributed by atoms with Crippen molar-refractivity contribution in [1.82, 2.24) is 0 Å². The zero-order chi connectivity index (χ0) is 21.4. The molecule has 2 aromatic rings. The molecule has 0 unspecified atom stereocenters. The van der Waals surface area contributed by atoms with Crippen LogP contribution in [-0.4, -0.2) is 28.5 Å². The molecule has 0 spiro atoms. The number of benzene rings is 1. The maximum atomic E-state index is 11.3. The van der Waals surface area contributed by atoms with Crippen molar-refractivity contribution in [3.8, 4) is 5.75 Å². The largest absolute Gasteiger partial charge is 0.489 e. The quantitative estimate of drug-likeness (QED) is 0.444. The van der Waals surface area contributed by atoms with Crippen molar-refractivity contribution in [3.63, 3.8) is 0 Å². The van der Waals surface area contributed by atoms with E-state index in [9.17, 15) is 15.0 Å². The van der Waals surface area contributed by atoms with Crippen LogP contribution in [0.15, 0.2) is 62.8 Å². The van der Waals surface area contributed by atoms with Crippen molar-refractivity contribution in [2.75, 3.05) is 6.61 Å². The summed E-state index contributed by atoms with van der Waals surface area (Å²) in [6, 6.07) is 8.59. The summed E-state index contributed by atoms with van der Waals surface area (Å²) < 4.78 is 10.9. The molecule has 158 valence electrons. The first kappa shape index (κ1) is 22.9. The minimum Gasteiger partial charge on any atom is -0.489 e. The van der Waals surface area contributed by atoms with Gasteiger partial charge < -0.3 is 19.4 Å². The van der Waals surface area contributed by atoms with Crippen LogP contribution in [0.25, 0.3) is 11.0 Å². The molecule has 5 heteroatoms. The standard InChI is InChI=1S/C24H32O5/c1-17(8-12-22(25)24(3,4)27)6-5-7-18(2)14-15-28-20-11-9-19-10-13-23(26)29-21(19)16-20/h6,9-11,13-14,16,22,25,27H,5,7-8,12,15H2,1-4H3/t22-/m0/s1. The monoisotopic (exact) mass is 400 g/mol. The predicted octanol–water partition coefficient (Wildman–Crippen LogP) is 4.76. The highest BCUT2D eigenvalue weighted by atomic mass is 16.5. The first-order chi connectivity index (χ1) is 13.6. The summed E-state index contributed by atoms with van der Waals surface area (Å²) >= 11 is 0. The molecule has 0 radical (unpaired) electrons. The average Bonchev–Trinajstić information content (AvgIpc) is 2.65. The van der Waals surface area contributed by atoms with Crippen LogP contribution in [-0.2, 0) is 0 Å². The summed E-state index contributed by atoms with van der Waals surface area (Å²) in [5.74, 6) is 0.664. The lowest BCUT2D eigenvalue weighted by Crippen LogP contribution is -2.35. The van der Waals surface area contributed by atoms with Crippen LogP contribution in [0.4, 0.5) is 0 Å². The summed E-state index contributed by atoms with van der Waals surface area (Å²) in [4.78, 5) is 11.3. The van der Waals surface area contributed by atoms with E-state index in [2.05, 4.69) is 19.9 Å². The molecule has 0 aliphatic carbocycles. The van der Waals surface area contributed by atoms with Crippen molar-refractivity contribution in [2.45, 2.75) is 65.1 Å². The first-order valence-electron chi connectivity index (χ1n) is 10.0. The Labute approximate surface area is 172 Å². The summed E-state index contributed by atoms with van der Waals surface area (Å²) in [6.07, 6.45) is 6.70. The lowest BCUT2D eigenvalue weighted by Gasteiger charge is -2.24. The number of hydrogen-bond donors (Lipinski definition) is 2. The molecule has 0 amide bonds. The van der Waals surface area contributed by atoms with Gasteiger partial charge in [-0.25, -0.2) is 4.79 Å². The van der Waals surface area contributed by atoms with Crippen molar-refractivity contribution in [2.24, 2.45) is 0 Å². The highest BCUT2D eigenvalue weighted by Gasteiger charge is 2.23. The normalized spacial score (nSPS) is 14.3. The Hall–Kier alpha value is -2.37. The molecular formula is C24H32O5. The van der Waals surface area contributed by atoms with Crippen LogP contribution in [0.3, 0.4) is 0 Å². The predicted molar refractivity (Wildman–Crippen MR) is 116 cm³/mol. The molecule has 5 nitrogen and oxygen atoms in total. The van der Waals surface area contributed by atoms with Crippen molar-refractivity contribution < 1.29 is 19.4 Å². The first-order valence-corrected chi connectivity index (χ1v) is 10.0. The Morgan fingerprint density at radius 1 is 1.14 bits per heavy atom. The zero-order valence-corrected chi connectivity index (χ0v) is 17.8. The van der Waals surface area contributed by atoms with Crippen molar-refractivity contribution in [3.05, 3.63) is 64.1 Å². The molecule has 2 rings (SSSR count). The second kappa shape index (κ2) is 10.4. The Morgan fingerprint density at radius 2 is 1.83 bits per heavy atom. The minimum atomic E-state index is -1.06. The Bertz CT molecular complexity index is 915. The average molecular weight is 401 g/mol. The van der Waals surface area contributed by atoms with E-state index in [4.69, 9.17) is 9.15 Å². The van der Waals surface area contributed by atoms with Gasteiger partial charge in [0.15, 0.2) is 0 Å². The van der Waals surface area contributed by atoms with Crippen LogP contribution >= 0.6 is 0 Å². The number of hydrogen-bond acceptors (Lipinski definition) is 5. The van der Waals surface area contributed by atoms with E-state index in [0.717, 1.165) is 24.6 Å². The van der Waals surface area contributed by atoms with E-state index in [0.29, 0.717) is 24.4 Å². The zero-order valence-electron chi connectivity index (χ0n) is 17.8. The van der Waals surface area contributed by atoms with E-state index in [1.807, 2.05) is 18.2 Å². The molecule has 1 atom stereocenters. The van der Waals surface area contributed by atoms with Crippen molar-refractivity contribution in [1.29, 1.82) is 0 Å². The van der Waals surface area contributed by atoms with Gasteiger partial charge in [0.25, 0.3) is 0 Å². The molecule has 2 N–H and O–H groups in total. The highest BCUT2D eigenvalue weighted by molar-refractivity contribution is 5.77. The molecule has 0 fully saturated rings. The second-order valence-corrected chi connectivity index (χ2v) is 8.11. The third-order valence-corrected chi connectivity index (χ3v) is 4.94. The number of ether oxygens (including phenoxy) is 1. The molecule has 0 saturated carbocycles. The van der Waals surface area contributed by atoms with E-state index in [-0.39, 0.29) is 5.63 Å². The van der Waals surface area contributed by atoms with E-state index in [1.54, 1.807) is 26.0 Å². The van der Waals surface area contributed by atoms with Gasteiger partial charge >= 0.3 is 5.63 Å². The van der Waals surface area contributed by atoms with Gasteiger partial charge in [-0.1, -0.05) is 17.2 Å². The molecule has 0 saturated heterocycles. The van der Waals surface area contributed by atoms with Crippen LogP contribution < -0.4 is 10.4 Å². The van der Waals surface area contributed by atoms with Gasteiger partial charge in [-0.3, -0.25) is 0 Å². The second-order valence-electron chi connectivity index (χ2n) is 8.11. The Morgan fingerprint density at radius 3 is 2.55 bits per heavy atom. The van der Waals surface area contributed by atoms with Gasteiger partial charge in [0, 0.05) is 17.5 Å². The van der Waals surface area contributed by atoms with Crippen LogP contribution in [0.1, 0.15) is 53.4 Å². The minimum absolute atomic E-state index is 0.372. The molecule has 1 heterocycles.